The van der Waals surface area contributed by atoms with Crippen molar-refractivity contribution in [3.8, 4) is 9.75 Å². The van der Waals surface area contributed by atoms with E-state index in [1.165, 1.54) is 22.7 Å². The van der Waals surface area contributed by atoms with E-state index in [-0.39, 0.29) is 5.69 Å². The predicted octanol–water partition coefficient (Wildman–Crippen LogP) is 3.53. The van der Waals surface area contributed by atoms with Crippen molar-refractivity contribution in [1.29, 1.82) is 0 Å². The first-order valence-corrected chi connectivity index (χ1v) is 6.10. The van der Waals surface area contributed by atoms with Gasteiger partial charge in [0.1, 0.15) is 0 Å². The highest BCUT2D eigenvalue weighted by Gasteiger charge is 2.18. The Bertz CT molecular complexity index is 518. The first-order valence-electron chi connectivity index (χ1n) is 4.03. The maximum Gasteiger partial charge on any atom is 0.356 e. The summed E-state index contributed by atoms with van der Waals surface area (Å²) in [6.07, 6.45) is 0. The molecule has 0 aliphatic heterocycles. The van der Waals surface area contributed by atoms with E-state index in [9.17, 15) is 4.79 Å². The first-order chi connectivity index (χ1) is 7.08. The minimum absolute atomic E-state index is 0.107. The number of hydrogen-bond donors (Lipinski definition) is 1. The second kappa shape index (κ2) is 3.92. The second-order valence-electron chi connectivity index (χ2n) is 2.84. The van der Waals surface area contributed by atoms with Crippen LogP contribution in [0.3, 0.4) is 0 Å². The summed E-state index contributed by atoms with van der Waals surface area (Å²) >= 11 is 8.59. The molecule has 0 bridgehead atoms. The van der Waals surface area contributed by atoms with Gasteiger partial charge in [-0.2, -0.15) is 0 Å². The molecule has 6 heteroatoms. The lowest BCUT2D eigenvalue weighted by molar-refractivity contribution is 0.0692. The number of aryl methyl sites for hydroxylation is 1. The van der Waals surface area contributed by atoms with Gasteiger partial charge >= 0.3 is 5.97 Å². The van der Waals surface area contributed by atoms with Crippen LogP contribution in [0.15, 0.2) is 11.4 Å². The zero-order valence-electron chi connectivity index (χ0n) is 7.65. The summed E-state index contributed by atoms with van der Waals surface area (Å²) in [6, 6.07) is 1.76. The summed E-state index contributed by atoms with van der Waals surface area (Å²) in [7, 11) is 0. The number of thiazole rings is 1. The summed E-state index contributed by atoms with van der Waals surface area (Å²) in [5.74, 6) is -1.00. The maximum absolute atomic E-state index is 10.9. The first kappa shape index (κ1) is 10.6. The van der Waals surface area contributed by atoms with Crippen LogP contribution < -0.4 is 0 Å². The van der Waals surface area contributed by atoms with E-state index < -0.39 is 5.97 Å². The van der Waals surface area contributed by atoms with E-state index in [2.05, 4.69) is 4.98 Å². The third-order valence-electron chi connectivity index (χ3n) is 1.73. The van der Waals surface area contributed by atoms with Crippen molar-refractivity contribution in [2.24, 2.45) is 0 Å². The normalized spacial score (nSPS) is 10.5. The third kappa shape index (κ3) is 2.04. The number of aromatic nitrogens is 1. The van der Waals surface area contributed by atoms with E-state index in [0.717, 1.165) is 9.88 Å². The van der Waals surface area contributed by atoms with Crippen LogP contribution in [0.25, 0.3) is 9.75 Å². The van der Waals surface area contributed by atoms with E-state index in [1.54, 1.807) is 18.4 Å². The van der Waals surface area contributed by atoms with Crippen molar-refractivity contribution < 1.29 is 9.90 Å². The number of carbonyl (C=O) groups is 1. The van der Waals surface area contributed by atoms with Gasteiger partial charge in [0.15, 0.2) is 5.69 Å². The molecule has 15 heavy (non-hydrogen) atoms. The molecule has 0 aliphatic carbocycles. The van der Waals surface area contributed by atoms with Gasteiger partial charge < -0.3 is 5.11 Å². The quantitative estimate of drug-likeness (QED) is 0.898. The minimum Gasteiger partial charge on any atom is -0.476 e. The molecule has 0 aromatic carbocycles. The van der Waals surface area contributed by atoms with Crippen molar-refractivity contribution in [1.82, 2.24) is 4.98 Å². The van der Waals surface area contributed by atoms with Gasteiger partial charge in [-0.05, 0) is 13.0 Å². The van der Waals surface area contributed by atoms with E-state index in [4.69, 9.17) is 16.7 Å². The molecule has 2 aromatic rings. The highest BCUT2D eigenvalue weighted by Crippen LogP contribution is 2.35. The molecule has 78 valence electrons. The molecule has 3 nitrogen and oxygen atoms in total. The van der Waals surface area contributed by atoms with Gasteiger partial charge in [0.05, 0.1) is 14.9 Å². The van der Waals surface area contributed by atoms with Gasteiger partial charge in [0, 0.05) is 10.3 Å². The molecule has 0 atom stereocenters. The number of thiophene rings is 1. The number of rotatable bonds is 2. The van der Waals surface area contributed by atoms with Gasteiger partial charge in [-0.15, -0.1) is 22.7 Å². The minimum atomic E-state index is -1.00. The Morgan fingerprint density at radius 2 is 2.33 bits per heavy atom. The fraction of sp³-hybridized carbons (Fsp3) is 0.111. The molecular formula is C9H6ClNO2S2. The van der Waals surface area contributed by atoms with Crippen LogP contribution in [0.4, 0.5) is 0 Å². The highest BCUT2D eigenvalue weighted by molar-refractivity contribution is 7.21. The largest absolute Gasteiger partial charge is 0.476 e. The molecule has 1 N–H and O–H groups in total. The average molecular weight is 260 g/mol. The van der Waals surface area contributed by atoms with Crippen LogP contribution in [-0.4, -0.2) is 16.1 Å². The van der Waals surface area contributed by atoms with Crippen LogP contribution in [-0.2, 0) is 0 Å². The van der Waals surface area contributed by atoms with Crippen molar-refractivity contribution in [3.05, 3.63) is 27.2 Å². The van der Waals surface area contributed by atoms with Gasteiger partial charge in [-0.3, -0.25) is 0 Å². The summed E-state index contributed by atoms with van der Waals surface area (Å²) in [4.78, 5) is 16.4. The van der Waals surface area contributed by atoms with Crippen molar-refractivity contribution in [2.75, 3.05) is 0 Å². The summed E-state index contributed by atoms with van der Waals surface area (Å²) in [5, 5.41) is 12.1. The molecule has 0 radical (unpaired) electrons. The molecule has 2 aromatic heterocycles. The SMILES string of the molecule is Cc1nc(C(=O)O)c(-c2cc(Cl)cs2)s1. The Kier molecular flexibility index (Phi) is 2.77. The zero-order valence-corrected chi connectivity index (χ0v) is 10.0. The fourth-order valence-corrected chi connectivity index (χ4v) is 3.28. The van der Waals surface area contributed by atoms with E-state index in [1.807, 2.05) is 0 Å². The highest BCUT2D eigenvalue weighted by atomic mass is 35.5. The van der Waals surface area contributed by atoms with Crippen LogP contribution >= 0.6 is 34.3 Å². The van der Waals surface area contributed by atoms with Crippen molar-refractivity contribution in [3.63, 3.8) is 0 Å². The molecule has 0 amide bonds. The number of carboxylic acid groups (broad SMARTS) is 1. The maximum atomic E-state index is 10.9. The van der Waals surface area contributed by atoms with Gasteiger partial charge in [-0.25, -0.2) is 9.78 Å². The number of aromatic carboxylic acids is 1. The fourth-order valence-electron chi connectivity index (χ4n) is 1.17. The Morgan fingerprint density at radius 1 is 1.60 bits per heavy atom. The van der Waals surface area contributed by atoms with Gasteiger partial charge in [0.2, 0.25) is 0 Å². The second-order valence-corrected chi connectivity index (χ2v) is 5.40. The van der Waals surface area contributed by atoms with E-state index in [0.29, 0.717) is 9.90 Å². The number of carboxylic acids is 1. The monoisotopic (exact) mass is 259 g/mol. The molecule has 0 fully saturated rings. The molecule has 0 aliphatic rings. The Balaban J connectivity index is 2.56. The molecule has 0 saturated heterocycles. The molecule has 0 spiro atoms. The summed E-state index contributed by atoms with van der Waals surface area (Å²) < 4.78 is 0. The zero-order chi connectivity index (χ0) is 11.0. The smallest absolute Gasteiger partial charge is 0.356 e. The third-order valence-corrected chi connectivity index (χ3v) is 4.16. The van der Waals surface area contributed by atoms with Gasteiger partial charge in [-0.1, -0.05) is 11.6 Å². The van der Waals surface area contributed by atoms with E-state index >= 15 is 0 Å². The number of halogens is 1. The van der Waals surface area contributed by atoms with Crippen LogP contribution in [0, 0.1) is 6.92 Å². The van der Waals surface area contributed by atoms with Crippen LogP contribution in [0.2, 0.25) is 5.02 Å². The lowest BCUT2D eigenvalue weighted by Gasteiger charge is -1.92. The Morgan fingerprint density at radius 3 is 2.87 bits per heavy atom. The lowest BCUT2D eigenvalue weighted by atomic mass is 10.3. The Labute approximate surface area is 99.0 Å². The molecule has 2 heterocycles. The topological polar surface area (TPSA) is 50.2 Å². The standard InChI is InChI=1S/C9H6ClNO2S2/c1-4-11-7(9(12)13)8(15-4)6-2-5(10)3-14-6/h2-3H,1H3,(H,12,13). The average Bonchev–Trinajstić information content (AvgIpc) is 2.71. The number of hydrogen-bond acceptors (Lipinski definition) is 4. The molecular weight excluding hydrogens is 254 g/mol. The summed E-state index contributed by atoms with van der Waals surface area (Å²) in [5.41, 5.74) is 0.107. The van der Waals surface area contributed by atoms with Crippen LogP contribution in [0.5, 0.6) is 0 Å². The van der Waals surface area contributed by atoms with Crippen molar-refractivity contribution in [2.45, 2.75) is 6.92 Å². The number of nitrogens with zero attached hydrogens (tertiary/aromatic N) is 1. The predicted molar refractivity (Wildman–Crippen MR) is 62.1 cm³/mol. The molecule has 2 rings (SSSR count). The lowest BCUT2D eigenvalue weighted by Crippen LogP contribution is -1.98. The Hall–Kier alpha value is -0.910. The van der Waals surface area contributed by atoms with Gasteiger partial charge in [0.25, 0.3) is 0 Å². The van der Waals surface area contributed by atoms with Crippen molar-refractivity contribution >= 4 is 40.2 Å². The molecule has 0 unspecified atom stereocenters. The molecule has 0 saturated carbocycles. The summed E-state index contributed by atoms with van der Waals surface area (Å²) in [6.45, 7) is 1.79. The van der Waals surface area contributed by atoms with Crippen LogP contribution in [0.1, 0.15) is 15.5 Å².